The van der Waals surface area contributed by atoms with Gasteiger partial charge in [-0.2, -0.15) is 4.98 Å². The molecule has 16 heavy (non-hydrogen) atoms. The topological polar surface area (TPSA) is 104 Å². The number of nitrogens with two attached hydrogens (primary N) is 1. The number of nitrogens with zero attached hydrogens (tertiary/aromatic N) is 3. The zero-order valence-corrected chi connectivity index (χ0v) is 8.77. The van der Waals surface area contributed by atoms with Gasteiger partial charge >= 0.3 is 0 Å². The van der Waals surface area contributed by atoms with E-state index in [0.717, 1.165) is 25.9 Å². The summed E-state index contributed by atoms with van der Waals surface area (Å²) in [5.74, 6) is 0.314. The van der Waals surface area contributed by atoms with Gasteiger partial charge in [-0.15, -0.1) is 4.91 Å². The molecule has 1 aromatic rings. The smallest absolute Gasteiger partial charge is 0.284 e. The van der Waals surface area contributed by atoms with E-state index in [1.165, 1.54) is 6.42 Å². The number of hydrogen-bond donors (Lipinski definition) is 2. The van der Waals surface area contributed by atoms with Crippen molar-refractivity contribution in [1.82, 2.24) is 9.97 Å². The van der Waals surface area contributed by atoms with Gasteiger partial charge in [-0.1, -0.05) is 0 Å². The average Bonchev–Trinajstić information content (AvgIpc) is 2.30. The standard InChI is InChI=1S/C9H13N5O2/c10-7-6(13-16)8(15)12-9(11-7)14-4-2-1-3-5-14/h1-5H2,(H3,10,11,12,15). The highest BCUT2D eigenvalue weighted by molar-refractivity contribution is 5.57. The molecule has 86 valence electrons. The molecule has 7 nitrogen and oxygen atoms in total. The first-order chi connectivity index (χ1) is 7.72. The van der Waals surface area contributed by atoms with E-state index in [1.54, 1.807) is 0 Å². The minimum absolute atomic E-state index is 0.112. The zero-order valence-electron chi connectivity index (χ0n) is 8.77. The summed E-state index contributed by atoms with van der Waals surface area (Å²) in [5, 5.41) is 2.56. The monoisotopic (exact) mass is 223 g/mol. The SMILES string of the molecule is Nc1nc(N2CCCCC2)[nH]c(=O)c1N=O. The lowest BCUT2D eigenvalue weighted by atomic mass is 10.1. The van der Waals surface area contributed by atoms with Gasteiger partial charge in [0.2, 0.25) is 11.6 Å². The third-order valence-corrected chi connectivity index (χ3v) is 2.66. The molecular weight excluding hydrogens is 210 g/mol. The lowest BCUT2D eigenvalue weighted by Gasteiger charge is -2.26. The first-order valence-corrected chi connectivity index (χ1v) is 5.20. The van der Waals surface area contributed by atoms with Crippen LogP contribution < -0.4 is 16.2 Å². The van der Waals surface area contributed by atoms with Crippen LogP contribution in [0.25, 0.3) is 0 Å². The van der Waals surface area contributed by atoms with Gasteiger partial charge in [0, 0.05) is 13.1 Å². The van der Waals surface area contributed by atoms with Gasteiger partial charge in [0.05, 0.1) is 0 Å². The lowest BCUT2D eigenvalue weighted by Crippen LogP contribution is -2.32. The van der Waals surface area contributed by atoms with E-state index in [4.69, 9.17) is 5.73 Å². The number of nitrogens with one attached hydrogen (secondary N) is 1. The maximum atomic E-state index is 11.4. The van der Waals surface area contributed by atoms with Gasteiger partial charge in [-0.05, 0) is 24.4 Å². The summed E-state index contributed by atoms with van der Waals surface area (Å²) < 4.78 is 0. The van der Waals surface area contributed by atoms with Gasteiger partial charge in [-0.25, -0.2) is 0 Å². The van der Waals surface area contributed by atoms with Crippen LogP contribution in [0.5, 0.6) is 0 Å². The van der Waals surface area contributed by atoms with Crippen molar-refractivity contribution in [1.29, 1.82) is 0 Å². The Morgan fingerprint density at radius 1 is 1.31 bits per heavy atom. The molecular formula is C9H13N5O2. The molecule has 2 rings (SSSR count). The molecule has 0 radical (unpaired) electrons. The Kier molecular flexibility index (Phi) is 2.84. The van der Waals surface area contributed by atoms with Crippen molar-refractivity contribution in [2.75, 3.05) is 23.7 Å². The molecule has 1 aliphatic rings. The number of H-pyrrole nitrogens is 1. The number of hydrogen-bond acceptors (Lipinski definition) is 6. The van der Waals surface area contributed by atoms with E-state index < -0.39 is 5.56 Å². The van der Waals surface area contributed by atoms with E-state index in [-0.39, 0.29) is 11.5 Å². The first-order valence-electron chi connectivity index (χ1n) is 5.20. The van der Waals surface area contributed by atoms with E-state index in [1.807, 2.05) is 4.90 Å². The van der Waals surface area contributed by atoms with Crippen molar-refractivity contribution >= 4 is 17.5 Å². The molecule has 3 N–H and O–H groups in total. The highest BCUT2D eigenvalue weighted by Crippen LogP contribution is 2.19. The van der Waals surface area contributed by atoms with Crippen LogP contribution in [0, 0.1) is 4.91 Å². The Labute approximate surface area is 91.6 Å². The summed E-state index contributed by atoms with van der Waals surface area (Å²) in [4.78, 5) is 30.2. The second-order valence-electron chi connectivity index (χ2n) is 3.76. The number of nitroso groups, excluding NO2 is 1. The Morgan fingerprint density at radius 3 is 2.56 bits per heavy atom. The number of anilines is 2. The third-order valence-electron chi connectivity index (χ3n) is 2.66. The van der Waals surface area contributed by atoms with Crippen molar-refractivity contribution in [3.63, 3.8) is 0 Å². The molecule has 7 heteroatoms. The summed E-state index contributed by atoms with van der Waals surface area (Å²) >= 11 is 0. The second-order valence-corrected chi connectivity index (χ2v) is 3.76. The largest absolute Gasteiger partial charge is 0.382 e. The molecule has 0 aliphatic carbocycles. The highest BCUT2D eigenvalue weighted by Gasteiger charge is 2.16. The predicted octanol–water partition coefficient (Wildman–Crippen LogP) is 0.740. The average molecular weight is 223 g/mol. The molecule has 1 aliphatic heterocycles. The summed E-state index contributed by atoms with van der Waals surface area (Å²) in [7, 11) is 0. The summed E-state index contributed by atoms with van der Waals surface area (Å²) in [6.45, 7) is 1.69. The molecule has 0 amide bonds. The molecule has 0 aromatic carbocycles. The van der Waals surface area contributed by atoms with E-state index in [9.17, 15) is 9.70 Å². The minimum atomic E-state index is -0.580. The fourth-order valence-corrected chi connectivity index (χ4v) is 1.82. The number of piperidine rings is 1. The van der Waals surface area contributed by atoms with Crippen LogP contribution in [0.4, 0.5) is 17.5 Å². The van der Waals surface area contributed by atoms with Gasteiger partial charge in [0.15, 0.2) is 5.82 Å². The maximum Gasteiger partial charge on any atom is 0.284 e. The van der Waals surface area contributed by atoms with Crippen LogP contribution in [0.3, 0.4) is 0 Å². The van der Waals surface area contributed by atoms with Gasteiger partial charge in [0.1, 0.15) is 0 Å². The van der Waals surface area contributed by atoms with Crippen molar-refractivity contribution in [2.24, 2.45) is 5.18 Å². The number of rotatable bonds is 2. The van der Waals surface area contributed by atoms with E-state index in [2.05, 4.69) is 15.1 Å². The van der Waals surface area contributed by atoms with E-state index >= 15 is 0 Å². The Bertz CT molecular complexity index is 450. The minimum Gasteiger partial charge on any atom is -0.382 e. The quantitative estimate of drug-likeness (QED) is 0.719. The van der Waals surface area contributed by atoms with Crippen molar-refractivity contribution in [2.45, 2.75) is 19.3 Å². The van der Waals surface area contributed by atoms with Crippen molar-refractivity contribution in [3.8, 4) is 0 Å². The summed E-state index contributed by atoms with van der Waals surface area (Å²) in [6, 6.07) is 0. The Morgan fingerprint density at radius 2 is 2.00 bits per heavy atom. The number of aromatic amines is 1. The molecule has 1 aromatic heterocycles. The number of nitrogen functional groups attached to an aromatic ring is 1. The first kappa shape index (κ1) is 10.6. The second kappa shape index (κ2) is 4.30. The number of aromatic nitrogens is 2. The van der Waals surface area contributed by atoms with Crippen LogP contribution in [-0.4, -0.2) is 23.1 Å². The zero-order chi connectivity index (χ0) is 11.5. The molecule has 0 spiro atoms. The fourth-order valence-electron chi connectivity index (χ4n) is 1.82. The molecule has 1 saturated heterocycles. The molecule has 0 atom stereocenters. The normalized spacial score (nSPS) is 16.1. The summed E-state index contributed by atoms with van der Waals surface area (Å²) in [6.07, 6.45) is 3.32. The van der Waals surface area contributed by atoms with Crippen LogP contribution in [0.2, 0.25) is 0 Å². The maximum absolute atomic E-state index is 11.4. The Balaban J connectivity index is 2.35. The van der Waals surface area contributed by atoms with Gasteiger partial charge in [-0.3, -0.25) is 9.78 Å². The fraction of sp³-hybridized carbons (Fsp3) is 0.556. The molecule has 0 saturated carbocycles. The van der Waals surface area contributed by atoms with Crippen molar-refractivity contribution in [3.05, 3.63) is 15.3 Å². The molecule has 1 fully saturated rings. The predicted molar refractivity (Wildman–Crippen MR) is 60.8 cm³/mol. The third kappa shape index (κ3) is 1.88. The Hall–Kier alpha value is -1.92. The lowest BCUT2D eigenvalue weighted by molar-refractivity contribution is 0.568. The van der Waals surface area contributed by atoms with Crippen LogP contribution in [0.15, 0.2) is 9.97 Å². The molecule has 2 heterocycles. The van der Waals surface area contributed by atoms with E-state index in [0.29, 0.717) is 5.95 Å². The van der Waals surface area contributed by atoms with Crippen LogP contribution in [-0.2, 0) is 0 Å². The molecule has 0 bridgehead atoms. The van der Waals surface area contributed by atoms with Crippen molar-refractivity contribution < 1.29 is 0 Å². The van der Waals surface area contributed by atoms with Gasteiger partial charge < -0.3 is 10.6 Å². The van der Waals surface area contributed by atoms with Crippen LogP contribution >= 0.6 is 0 Å². The van der Waals surface area contributed by atoms with Crippen LogP contribution in [0.1, 0.15) is 19.3 Å². The highest BCUT2D eigenvalue weighted by atomic mass is 16.3. The molecule has 0 unspecified atom stereocenters. The summed E-state index contributed by atoms with van der Waals surface area (Å²) in [5.41, 5.74) is 4.56. The van der Waals surface area contributed by atoms with Gasteiger partial charge in [0.25, 0.3) is 5.56 Å².